The topological polar surface area (TPSA) is 12.0 Å². The molecule has 1 rings (SSSR count). The summed E-state index contributed by atoms with van der Waals surface area (Å²) in [6.07, 6.45) is 0.952. The lowest BCUT2D eigenvalue weighted by Crippen LogP contribution is -2.27. The molecule has 1 unspecified atom stereocenters. The Morgan fingerprint density at radius 1 is 1.33 bits per heavy atom. The van der Waals surface area contributed by atoms with Crippen LogP contribution in [0.3, 0.4) is 0 Å². The highest BCUT2D eigenvalue weighted by Crippen LogP contribution is 2.22. The lowest BCUT2D eigenvalue weighted by molar-refractivity contribution is 0.464. The summed E-state index contributed by atoms with van der Waals surface area (Å²) in [5.74, 6) is -0.191. The molecular weight excluding hydrogens is 257 g/mol. The Bertz CT molecular complexity index is 305. The summed E-state index contributed by atoms with van der Waals surface area (Å²) in [6, 6.07) is 5.65. The van der Waals surface area contributed by atoms with Gasteiger partial charge in [0.2, 0.25) is 0 Å². The van der Waals surface area contributed by atoms with Crippen LogP contribution >= 0.6 is 15.9 Å². The zero-order valence-electron chi connectivity index (χ0n) is 9.35. The van der Waals surface area contributed by atoms with E-state index >= 15 is 0 Å². The Balaban J connectivity index is 2.91. The molecule has 1 nitrogen and oxygen atoms in total. The van der Waals surface area contributed by atoms with Gasteiger partial charge in [-0.1, -0.05) is 36.7 Å². The van der Waals surface area contributed by atoms with Crippen molar-refractivity contribution in [3.63, 3.8) is 0 Å². The predicted molar refractivity (Wildman–Crippen MR) is 65.4 cm³/mol. The van der Waals surface area contributed by atoms with Crippen molar-refractivity contribution in [2.75, 3.05) is 0 Å². The molecule has 0 amide bonds. The fourth-order valence-electron chi connectivity index (χ4n) is 1.63. The van der Waals surface area contributed by atoms with E-state index in [1.807, 2.05) is 6.07 Å². The Kier molecular flexibility index (Phi) is 4.74. The monoisotopic (exact) mass is 273 g/mol. The van der Waals surface area contributed by atoms with Crippen molar-refractivity contribution in [2.45, 2.75) is 39.3 Å². The van der Waals surface area contributed by atoms with Gasteiger partial charge < -0.3 is 5.32 Å². The third kappa shape index (κ3) is 3.92. The first-order valence-corrected chi connectivity index (χ1v) is 6.04. The fourth-order valence-corrected chi connectivity index (χ4v) is 2.11. The molecule has 3 heteroatoms. The zero-order chi connectivity index (χ0) is 11.4. The minimum Gasteiger partial charge on any atom is -0.308 e. The summed E-state index contributed by atoms with van der Waals surface area (Å²) < 4.78 is 14.0. The molecule has 0 aliphatic heterocycles. The second-order valence-corrected chi connectivity index (χ2v) is 4.90. The van der Waals surface area contributed by atoms with Crippen molar-refractivity contribution in [3.05, 3.63) is 34.1 Å². The van der Waals surface area contributed by atoms with Crippen LogP contribution in [0.5, 0.6) is 0 Å². The second-order valence-electron chi connectivity index (χ2n) is 3.98. The highest BCUT2D eigenvalue weighted by atomic mass is 79.9. The molecule has 1 atom stereocenters. The van der Waals surface area contributed by atoms with E-state index < -0.39 is 0 Å². The van der Waals surface area contributed by atoms with Crippen molar-refractivity contribution >= 4 is 15.9 Å². The summed E-state index contributed by atoms with van der Waals surface area (Å²) >= 11 is 3.31. The van der Waals surface area contributed by atoms with Gasteiger partial charge in [0.15, 0.2) is 0 Å². The minimum absolute atomic E-state index is 0.191. The zero-order valence-corrected chi connectivity index (χ0v) is 10.9. The van der Waals surface area contributed by atoms with Gasteiger partial charge in [0.05, 0.1) is 0 Å². The van der Waals surface area contributed by atoms with Crippen LogP contribution in [-0.2, 0) is 0 Å². The standard InChI is InChI=1S/C12H17BrFN/c1-4-12(15-8(2)3)9-5-10(13)7-11(14)6-9/h5-8,12,15H,4H2,1-3H3. The number of rotatable bonds is 4. The van der Waals surface area contributed by atoms with Gasteiger partial charge in [-0.3, -0.25) is 0 Å². The minimum atomic E-state index is -0.191. The van der Waals surface area contributed by atoms with Crippen molar-refractivity contribution in [1.82, 2.24) is 5.32 Å². The molecule has 0 aliphatic carbocycles. The predicted octanol–water partition coefficient (Wildman–Crippen LogP) is 4.04. The van der Waals surface area contributed by atoms with Crippen LogP contribution in [0.1, 0.15) is 38.8 Å². The molecule has 15 heavy (non-hydrogen) atoms. The van der Waals surface area contributed by atoms with Crippen LogP contribution in [0.4, 0.5) is 4.39 Å². The van der Waals surface area contributed by atoms with Crippen LogP contribution in [0, 0.1) is 5.82 Å². The molecule has 0 radical (unpaired) electrons. The van der Waals surface area contributed by atoms with Gasteiger partial charge in [-0.15, -0.1) is 0 Å². The number of benzene rings is 1. The van der Waals surface area contributed by atoms with E-state index in [1.165, 1.54) is 6.07 Å². The normalized spacial score (nSPS) is 13.2. The van der Waals surface area contributed by atoms with Crippen molar-refractivity contribution in [2.24, 2.45) is 0 Å². The van der Waals surface area contributed by atoms with Crippen molar-refractivity contribution in [3.8, 4) is 0 Å². The molecule has 0 heterocycles. The number of halogens is 2. The summed E-state index contributed by atoms with van der Waals surface area (Å²) in [6.45, 7) is 6.28. The first kappa shape index (κ1) is 12.7. The lowest BCUT2D eigenvalue weighted by atomic mass is 10.0. The highest BCUT2D eigenvalue weighted by Gasteiger charge is 2.11. The lowest BCUT2D eigenvalue weighted by Gasteiger charge is -2.20. The molecule has 0 fully saturated rings. The van der Waals surface area contributed by atoms with Gasteiger partial charge in [-0.25, -0.2) is 4.39 Å². The molecular formula is C12H17BrFN. The summed E-state index contributed by atoms with van der Waals surface area (Å²) in [4.78, 5) is 0. The molecule has 0 saturated heterocycles. The van der Waals surface area contributed by atoms with Gasteiger partial charge in [0, 0.05) is 16.6 Å². The number of hydrogen-bond acceptors (Lipinski definition) is 1. The SMILES string of the molecule is CCC(NC(C)C)c1cc(F)cc(Br)c1. The summed E-state index contributed by atoms with van der Waals surface area (Å²) in [5.41, 5.74) is 0.998. The van der Waals surface area contributed by atoms with Crippen LogP contribution in [0.15, 0.2) is 22.7 Å². The van der Waals surface area contributed by atoms with Crippen LogP contribution in [0.25, 0.3) is 0 Å². The molecule has 1 aromatic rings. The third-order valence-corrected chi connectivity index (χ3v) is 2.69. The van der Waals surface area contributed by atoms with E-state index in [0.29, 0.717) is 6.04 Å². The molecule has 0 spiro atoms. The van der Waals surface area contributed by atoms with Crippen molar-refractivity contribution < 1.29 is 4.39 Å². The average Bonchev–Trinajstić information content (AvgIpc) is 2.12. The van der Waals surface area contributed by atoms with E-state index in [9.17, 15) is 4.39 Å². The van der Waals surface area contributed by atoms with E-state index in [0.717, 1.165) is 16.5 Å². The van der Waals surface area contributed by atoms with Gasteiger partial charge in [0.25, 0.3) is 0 Å². The van der Waals surface area contributed by atoms with E-state index in [1.54, 1.807) is 6.07 Å². The maximum atomic E-state index is 13.2. The van der Waals surface area contributed by atoms with Crippen LogP contribution in [-0.4, -0.2) is 6.04 Å². The molecule has 0 bridgehead atoms. The maximum absolute atomic E-state index is 13.2. The molecule has 1 aromatic carbocycles. The number of hydrogen-bond donors (Lipinski definition) is 1. The second kappa shape index (κ2) is 5.61. The fraction of sp³-hybridized carbons (Fsp3) is 0.500. The Hall–Kier alpha value is -0.410. The number of nitrogens with one attached hydrogen (secondary N) is 1. The molecule has 1 N–H and O–H groups in total. The van der Waals surface area contributed by atoms with Crippen LogP contribution in [0.2, 0.25) is 0 Å². The molecule has 0 saturated carbocycles. The van der Waals surface area contributed by atoms with E-state index in [4.69, 9.17) is 0 Å². The van der Waals surface area contributed by atoms with Gasteiger partial charge >= 0.3 is 0 Å². The average molecular weight is 274 g/mol. The first-order chi connectivity index (χ1) is 7.02. The molecule has 0 aromatic heterocycles. The van der Waals surface area contributed by atoms with Gasteiger partial charge in [-0.05, 0) is 30.2 Å². The molecule has 84 valence electrons. The Morgan fingerprint density at radius 3 is 2.47 bits per heavy atom. The summed E-state index contributed by atoms with van der Waals surface area (Å²) in [5, 5.41) is 3.41. The largest absolute Gasteiger partial charge is 0.308 e. The van der Waals surface area contributed by atoms with Crippen LogP contribution < -0.4 is 5.32 Å². The Labute approximate surface area is 99.2 Å². The first-order valence-electron chi connectivity index (χ1n) is 5.25. The van der Waals surface area contributed by atoms with Gasteiger partial charge in [0.1, 0.15) is 5.82 Å². The maximum Gasteiger partial charge on any atom is 0.124 e. The van der Waals surface area contributed by atoms with E-state index in [2.05, 4.69) is 42.0 Å². The van der Waals surface area contributed by atoms with Gasteiger partial charge in [-0.2, -0.15) is 0 Å². The summed E-state index contributed by atoms with van der Waals surface area (Å²) in [7, 11) is 0. The highest BCUT2D eigenvalue weighted by molar-refractivity contribution is 9.10. The molecule has 0 aliphatic rings. The van der Waals surface area contributed by atoms with Crippen molar-refractivity contribution in [1.29, 1.82) is 0 Å². The smallest absolute Gasteiger partial charge is 0.124 e. The van der Waals surface area contributed by atoms with E-state index in [-0.39, 0.29) is 11.9 Å². The Morgan fingerprint density at radius 2 is 2.00 bits per heavy atom. The quantitative estimate of drug-likeness (QED) is 0.873. The third-order valence-electron chi connectivity index (χ3n) is 2.23.